The average Bonchev–Trinajstić information content (AvgIpc) is 3.11. The zero-order valence-corrected chi connectivity index (χ0v) is 19.9. The average molecular weight is 422 g/mol. The summed E-state index contributed by atoms with van der Waals surface area (Å²) in [7, 11) is 0. The molecule has 5 rings (SSSR count). The van der Waals surface area contributed by atoms with Crippen molar-refractivity contribution in [1.29, 1.82) is 0 Å². The quantitative estimate of drug-likeness (QED) is 0.285. The minimum atomic E-state index is 0.0251. The van der Waals surface area contributed by atoms with Crippen LogP contribution < -0.4 is 0 Å². The van der Waals surface area contributed by atoms with Crippen molar-refractivity contribution in [2.45, 2.75) is 53.4 Å². The van der Waals surface area contributed by atoms with Gasteiger partial charge in [-0.3, -0.25) is 4.98 Å². The van der Waals surface area contributed by atoms with Crippen molar-refractivity contribution in [3.05, 3.63) is 78.0 Å². The van der Waals surface area contributed by atoms with Crippen LogP contribution in [0.3, 0.4) is 0 Å². The van der Waals surface area contributed by atoms with Gasteiger partial charge in [0, 0.05) is 22.5 Å². The van der Waals surface area contributed by atoms with Gasteiger partial charge in [0.2, 0.25) is 0 Å². The first-order valence-electron chi connectivity index (χ1n) is 11.4. The van der Waals surface area contributed by atoms with Gasteiger partial charge in [-0.05, 0) is 57.3 Å². The van der Waals surface area contributed by atoms with E-state index in [0.717, 1.165) is 34.2 Å². The maximum absolute atomic E-state index is 6.59. The molecule has 32 heavy (non-hydrogen) atoms. The van der Waals surface area contributed by atoms with Crippen LogP contribution in [0.1, 0.15) is 52.7 Å². The van der Waals surface area contributed by atoms with Gasteiger partial charge >= 0.3 is 0 Å². The van der Waals surface area contributed by atoms with Gasteiger partial charge in [0.1, 0.15) is 11.3 Å². The number of aromatic nitrogens is 1. The fourth-order valence-electron chi connectivity index (χ4n) is 4.77. The van der Waals surface area contributed by atoms with Crippen LogP contribution >= 0.6 is 0 Å². The molecule has 0 radical (unpaired) electrons. The topological polar surface area (TPSA) is 26.0 Å². The molecule has 0 saturated carbocycles. The van der Waals surface area contributed by atoms with Crippen molar-refractivity contribution in [3.63, 3.8) is 0 Å². The molecule has 2 nitrogen and oxygen atoms in total. The lowest BCUT2D eigenvalue weighted by atomic mass is 9.82. The Balaban J connectivity index is 1.80. The molecule has 162 valence electrons. The standard InChI is InChI=1S/C30H31NO/c1-29(2,3)18-20-11-9-13-23-24-14-15-31-26(28(24)32-27(20)23)21-16-19-10-7-8-12-22(19)25(17-21)30(4,5)6/h7-17H,18H2,1-6H3. The summed E-state index contributed by atoms with van der Waals surface area (Å²) >= 11 is 0. The smallest absolute Gasteiger partial charge is 0.161 e. The van der Waals surface area contributed by atoms with Crippen molar-refractivity contribution in [2.75, 3.05) is 0 Å². The number of para-hydroxylation sites is 1. The van der Waals surface area contributed by atoms with E-state index in [0.29, 0.717) is 0 Å². The summed E-state index contributed by atoms with van der Waals surface area (Å²) in [5.74, 6) is 0. The Morgan fingerprint density at radius 3 is 2.22 bits per heavy atom. The molecule has 0 aliphatic rings. The van der Waals surface area contributed by atoms with Gasteiger partial charge < -0.3 is 4.42 Å². The number of rotatable bonds is 2. The van der Waals surface area contributed by atoms with E-state index in [2.05, 4.69) is 102 Å². The lowest BCUT2D eigenvalue weighted by molar-refractivity contribution is 0.410. The SMILES string of the molecule is CC(C)(C)Cc1cccc2c1oc1c(-c3cc(C(C)(C)C)c4ccccc4c3)nccc12. The highest BCUT2D eigenvalue weighted by atomic mass is 16.3. The fraction of sp³-hybridized carbons (Fsp3) is 0.300. The predicted octanol–water partition coefficient (Wildman–Crippen LogP) is 8.69. The largest absolute Gasteiger partial charge is 0.453 e. The monoisotopic (exact) mass is 421 g/mol. The molecule has 0 saturated heterocycles. The summed E-state index contributed by atoms with van der Waals surface area (Å²) in [5, 5.41) is 4.83. The molecule has 5 aromatic rings. The van der Waals surface area contributed by atoms with Gasteiger partial charge in [0.15, 0.2) is 5.58 Å². The minimum absolute atomic E-state index is 0.0251. The summed E-state index contributed by atoms with van der Waals surface area (Å²) in [6, 6.07) is 21.8. The zero-order chi connectivity index (χ0) is 22.7. The van der Waals surface area contributed by atoms with Crippen LogP contribution in [0.4, 0.5) is 0 Å². The summed E-state index contributed by atoms with van der Waals surface area (Å²) in [4.78, 5) is 4.81. The summed E-state index contributed by atoms with van der Waals surface area (Å²) in [5.41, 5.74) is 6.68. The Labute approximate surface area is 190 Å². The second kappa shape index (κ2) is 7.20. The van der Waals surface area contributed by atoms with Gasteiger partial charge in [-0.25, -0.2) is 0 Å². The van der Waals surface area contributed by atoms with Crippen LogP contribution in [0.15, 0.2) is 71.3 Å². The summed E-state index contributed by atoms with van der Waals surface area (Å²) < 4.78 is 6.59. The second-order valence-corrected chi connectivity index (χ2v) is 11.2. The first-order valence-corrected chi connectivity index (χ1v) is 11.4. The molecule has 0 fully saturated rings. The Morgan fingerprint density at radius 1 is 0.750 bits per heavy atom. The van der Waals surface area contributed by atoms with E-state index in [9.17, 15) is 0 Å². The zero-order valence-electron chi connectivity index (χ0n) is 19.9. The van der Waals surface area contributed by atoms with E-state index in [-0.39, 0.29) is 10.8 Å². The second-order valence-electron chi connectivity index (χ2n) is 11.2. The Bertz CT molecular complexity index is 1460. The number of pyridine rings is 1. The Kier molecular flexibility index (Phi) is 4.67. The van der Waals surface area contributed by atoms with E-state index in [1.807, 2.05) is 6.20 Å². The number of furan rings is 1. The van der Waals surface area contributed by atoms with Crippen LogP contribution in [0.2, 0.25) is 0 Å². The van der Waals surface area contributed by atoms with Crippen molar-refractivity contribution < 1.29 is 4.42 Å². The van der Waals surface area contributed by atoms with Crippen molar-refractivity contribution in [2.24, 2.45) is 5.41 Å². The summed E-state index contributed by atoms with van der Waals surface area (Å²) in [6.45, 7) is 13.6. The van der Waals surface area contributed by atoms with Crippen molar-refractivity contribution >= 4 is 32.7 Å². The van der Waals surface area contributed by atoms with Gasteiger partial charge in [0.25, 0.3) is 0 Å². The molecule has 0 aliphatic carbocycles. The molecule has 0 N–H and O–H groups in total. The molecule has 2 heteroatoms. The number of benzene rings is 3. The molecule has 0 unspecified atom stereocenters. The maximum atomic E-state index is 6.59. The fourth-order valence-corrected chi connectivity index (χ4v) is 4.77. The molecule has 0 spiro atoms. The van der Waals surface area contributed by atoms with Crippen LogP contribution in [0.5, 0.6) is 0 Å². The third-order valence-electron chi connectivity index (χ3n) is 6.16. The number of nitrogens with zero attached hydrogens (tertiary/aromatic N) is 1. The molecular formula is C30H31NO. The number of hydrogen-bond donors (Lipinski definition) is 0. The van der Waals surface area contributed by atoms with E-state index in [4.69, 9.17) is 9.40 Å². The minimum Gasteiger partial charge on any atom is -0.453 e. The van der Waals surface area contributed by atoms with Crippen LogP contribution in [-0.2, 0) is 11.8 Å². The van der Waals surface area contributed by atoms with Crippen LogP contribution in [-0.4, -0.2) is 4.98 Å². The van der Waals surface area contributed by atoms with Crippen LogP contribution in [0, 0.1) is 5.41 Å². The lowest BCUT2D eigenvalue weighted by Gasteiger charge is -2.22. The highest BCUT2D eigenvalue weighted by Gasteiger charge is 2.22. The van der Waals surface area contributed by atoms with Gasteiger partial charge in [-0.2, -0.15) is 0 Å². The molecule has 0 bridgehead atoms. The van der Waals surface area contributed by atoms with E-state index in [1.54, 1.807) is 0 Å². The Morgan fingerprint density at radius 2 is 1.47 bits per heavy atom. The first-order chi connectivity index (χ1) is 15.1. The molecule has 0 aliphatic heterocycles. The van der Waals surface area contributed by atoms with Gasteiger partial charge in [-0.15, -0.1) is 0 Å². The number of fused-ring (bicyclic) bond motifs is 4. The molecule has 3 aromatic carbocycles. The van der Waals surface area contributed by atoms with E-state index >= 15 is 0 Å². The van der Waals surface area contributed by atoms with Crippen molar-refractivity contribution in [3.8, 4) is 11.3 Å². The third kappa shape index (κ3) is 3.58. The molecule has 2 aromatic heterocycles. The van der Waals surface area contributed by atoms with Crippen LogP contribution in [0.25, 0.3) is 44.0 Å². The first kappa shape index (κ1) is 20.8. The molecular weight excluding hydrogens is 390 g/mol. The lowest BCUT2D eigenvalue weighted by Crippen LogP contribution is -2.12. The van der Waals surface area contributed by atoms with E-state index in [1.165, 1.54) is 27.3 Å². The number of hydrogen-bond acceptors (Lipinski definition) is 2. The summed E-state index contributed by atoms with van der Waals surface area (Å²) in [6.07, 6.45) is 2.88. The third-order valence-corrected chi connectivity index (χ3v) is 6.16. The van der Waals surface area contributed by atoms with Gasteiger partial charge in [-0.1, -0.05) is 84.0 Å². The predicted molar refractivity (Wildman–Crippen MR) is 136 cm³/mol. The Hall–Kier alpha value is -3.13. The van der Waals surface area contributed by atoms with Gasteiger partial charge in [0.05, 0.1) is 0 Å². The molecule has 2 heterocycles. The van der Waals surface area contributed by atoms with Crippen molar-refractivity contribution in [1.82, 2.24) is 4.98 Å². The molecule has 0 atom stereocenters. The highest BCUT2D eigenvalue weighted by Crippen LogP contribution is 2.40. The normalized spacial score (nSPS) is 12.8. The molecule has 0 amide bonds. The maximum Gasteiger partial charge on any atom is 0.161 e. The van der Waals surface area contributed by atoms with E-state index < -0.39 is 0 Å². The highest BCUT2D eigenvalue weighted by molar-refractivity contribution is 6.10.